The molecule has 4 aliphatic rings. The highest BCUT2D eigenvalue weighted by Crippen LogP contribution is 2.38. The van der Waals surface area contributed by atoms with Gasteiger partial charge >= 0.3 is 12.1 Å². The average Bonchev–Trinajstić information content (AvgIpc) is 3.48. The minimum absolute atomic E-state index is 0.00187. The Morgan fingerprint density at radius 3 is 2.62 bits per heavy atom. The SMILES string of the molecule is CCC(O)C(C)C1OC1CC(C)(O)/C=C/C=C(\C)C1OC(=O)CC(O)CCC(C)(OC)C(OC(=O)N2C[C@@H]3C[C@H]2CN3C)/C=C\C1C. The molecule has 0 radical (unpaired) electrons. The molecule has 266 valence electrons. The van der Waals surface area contributed by atoms with Gasteiger partial charge in [0.05, 0.1) is 36.4 Å². The summed E-state index contributed by atoms with van der Waals surface area (Å²) in [5.41, 5.74) is -1.33. The Morgan fingerprint density at radius 2 is 2.00 bits per heavy atom. The number of carbonyl (C=O) groups is 2. The summed E-state index contributed by atoms with van der Waals surface area (Å²) < 4.78 is 23.7. The van der Waals surface area contributed by atoms with E-state index in [1.165, 1.54) is 0 Å². The highest BCUT2D eigenvalue weighted by atomic mass is 16.6. The van der Waals surface area contributed by atoms with Gasteiger partial charge in [-0.2, -0.15) is 0 Å². The average molecular weight is 663 g/mol. The first-order chi connectivity index (χ1) is 22.1. The number of cyclic esters (lactones) is 1. The van der Waals surface area contributed by atoms with E-state index in [0.717, 1.165) is 18.5 Å². The molecule has 0 aromatic rings. The number of methoxy groups -OCH3 is 1. The zero-order valence-electron chi connectivity index (χ0n) is 29.5. The van der Waals surface area contributed by atoms with E-state index in [4.69, 9.17) is 18.9 Å². The van der Waals surface area contributed by atoms with Gasteiger partial charge in [-0.3, -0.25) is 9.69 Å². The van der Waals surface area contributed by atoms with E-state index < -0.39 is 41.6 Å². The molecule has 0 aromatic heterocycles. The van der Waals surface area contributed by atoms with Crippen LogP contribution in [0.3, 0.4) is 0 Å². The number of aliphatic hydroxyl groups excluding tert-OH is 2. The van der Waals surface area contributed by atoms with Gasteiger partial charge in [0.15, 0.2) is 6.10 Å². The van der Waals surface area contributed by atoms with Crippen LogP contribution in [0.25, 0.3) is 0 Å². The Hall–Kier alpha value is -2.28. The van der Waals surface area contributed by atoms with Gasteiger partial charge in [-0.25, -0.2) is 4.79 Å². The number of rotatable bonds is 10. The molecule has 47 heavy (non-hydrogen) atoms. The van der Waals surface area contributed by atoms with E-state index in [-0.39, 0.29) is 49.0 Å². The number of esters is 1. The number of carbonyl (C=O) groups excluding carboxylic acids is 2. The summed E-state index contributed by atoms with van der Waals surface area (Å²) >= 11 is 0. The molecule has 0 aromatic carbocycles. The molecule has 10 unspecified atom stereocenters. The Kier molecular flexibility index (Phi) is 12.4. The topological polar surface area (TPSA) is 142 Å². The molecular formula is C36H58N2O9. The minimum Gasteiger partial charge on any atom is -0.457 e. The third kappa shape index (κ3) is 9.45. The number of piperazine rings is 1. The lowest BCUT2D eigenvalue weighted by molar-refractivity contribution is -0.151. The standard InChI is InChI=1S/C36H58N2O9/c1-9-28(40)24(4)33-29(45-33)19-35(5,43)15-10-11-22(2)32-23(3)12-13-30(36(6,44-8)16-14-27(39)18-31(41)47-32)46-34(42)38-21-25-17-26(38)20-37(25)7/h10-13,15,23-30,32-33,39-40,43H,9,14,16-21H2,1-8H3/b13-12-,15-10+,22-11+/t23?,24?,25-,26-,27?,28?,29?,30?,32?,33?,35?,36?/m0/s1. The fourth-order valence-corrected chi connectivity index (χ4v) is 7.27. The van der Waals surface area contributed by atoms with Crippen LogP contribution in [-0.4, -0.2) is 124 Å². The molecule has 2 bridgehead atoms. The number of aliphatic hydroxyl groups is 3. The number of likely N-dealkylation sites (N-methyl/N-ethyl adjacent to an activating group) is 1. The van der Waals surface area contributed by atoms with Gasteiger partial charge in [0.25, 0.3) is 0 Å². The molecular weight excluding hydrogens is 604 g/mol. The second kappa shape index (κ2) is 15.5. The molecule has 0 aliphatic carbocycles. The molecule has 11 heteroatoms. The highest BCUT2D eigenvalue weighted by molar-refractivity contribution is 5.70. The summed E-state index contributed by atoms with van der Waals surface area (Å²) in [4.78, 5) is 30.5. The lowest BCUT2D eigenvalue weighted by Crippen LogP contribution is -2.51. The first-order valence-corrected chi connectivity index (χ1v) is 17.3. The van der Waals surface area contributed by atoms with Gasteiger partial charge in [-0.1, -0.05) is 45.1 Å². The first-order valence-electron chi connectivity index (χ1n) is 17.3. The van der Waals surface area contributed by atoms with Crippen LogP contribution >= 0.6 is 0 Å². The molecule has 4 heterocycles. The predicted molar refractivity (Wildman–Crippen MR) is 178 cm³/mol. The summed E-state index contributed by atoms with van der Waals surface area (Å²) in [5.74, 6) is -0.826. The van der Waals surface area contributed by atoms with Crippen LogP contribution in [-0.2, 0) is 23.7 Å². The quantitative estimate of drug-likeness (QED) is 0.137. The normalized spacial score (nSPS) is 38.7. The molecule has 0 spiro atoms. The fourth-order valence-electron chi connectivity index (χ4n) is 7.27. The summed E-state index contributed by atoms with van der Waals surface area (Å²) in [7, 11) is 3.65. The van der Waals surface area contributed by atoms with Crippen LogP contribution in [0.2, 0.25) is 0 Å². The van der Waals surface area contributed by atoms with Gasteiger partial charge in [-0.05, 0) is 65.2 Å². The summed E-state index contributed by atoms with van der Waals surface area (Å²) in [6, 6.07) is 0.470. The van der Waals surface area contributed by atoms with Gasteiger partial charge in [0.1, 0.15) is 11.7 Å². The smallest absolute Gasteiger partial charge is 0.410 e. The largest absolute Gasteiger partial charge is 0.457 e. The van der Waals surface area contributed by atoms with Crippen molar-refractivity contribution in [1.29, 1.82) is 0 Å². The molecule has 0 saturated carbocycles. The third-order valence-corrected chi connectivity index (χ3v) is 10.8. The zero-order valence-corrected chi connectivity index (χ0v) is 29.5. The molecule has 3 fully saturated rings. The van der Waals surface area contributed by atoms with Crippen molar-refractivity contribution < 1.29 is 43.9 Å². The predicted octanol–water partition coefficient (Wildman–Crippen LogP) is 3.75. The van der Waals surface area contributed by atoms with E-state index in [0.29, 0.717) is 31.8 Å². The van der Waals surface area contributed by atoms with Crippen LogP contribution in [0.15, 0.2) is 36.0 Å². The second-order valence-corrected chi connectivity index (χ2v) is 14.8. The van der Waals surface area contributed by atoms with E-state index in [2.05, 4.69) is 11.9 Å². The van der Waals surface area contributed by atoms with Crippen LogP contribution in [0.1, 0.15) is 80.1 Å². The molecule has 3 saturated heterocycles. The van der Waals surface area contributed by atoms with Crippen molar-refractivity contribution in [3.63, 3.8) is 0 Å². The summed E-state index contributed by atoms with van der Waals surface area (Å²) in [5, 5.41) is 31.9. The van der Waals surface area contributed by atoms with E-state index in [1.54, 1.807) is 26.2 Å². The number of hydrogen-bond donors (Lipinski definition) is 3. The van der Waals surface area contributed by atoms with E-state index in [1.807, 2.05) is 57.7 Å². The van der Waals surface area contributed by atoms with Crippen LogP contribution < -0.4 is 0 Å². The Labute approximate surface area is 280 Å². The molecule has 4 rings (SSSR count). The summed E-state index contributed by atoms with van der Waals surface area (Å²) in [6.07, 6.45) is 8.04. The third-order valence-electron chi connectivity index (χ3n) is 10.8. The Bertz CT molecular complexity index is 1180. The lowest BCUT2D eigenvalue weighted by Gasteiger charge is -2.38. The van der Waals surface area contributed by atoms with Crippen molar-refractivity contribution in [1.82, 2.24) is 9.80 Å². The number of allylic oxidation sites excluding steroid dienone is 2. The van der Waals surface area contributed by atoms with Gasteiger partial charge in [0, 0.05) is 50.5 Å². The number of fused-ring (bicyclic) bond motifs is 2. The van der Waals surface area contributed by atoms with Crippen LogP contribution in [0.5, 0.6) is 0 Å². The van der Waals surface area contributed by atoms with Crippen LogP contribution in [0.4, 0.5) is 4.79 Å². The zero-order chi connectivity index (χ0) is 34.7. The first kappa shape index (κ1) is 37.5. The number of ether oxygens (including phenoxy) is 4. The maximum atomic E-state index is 13.4. The number of amides is 1. The molecule has 12 atom stereocenters. The molecule has 4 aliphatic heterocycles. The summed E-state index contributed by atoms with van der Waals surface area (Å²) in [6.45, 7) is 12.7. The molecule has 11 nitrogen and oxygen atoms in total. The lowest BCUT2D eigenvalue weighted by atomic mass is 9.88. The molecule has 1 amide bonds. The van der Waals surface area contributed by atoms with Crippen molar-refractivity contribution in [3.8, 4) is 0 Å². The van der Waals surface area contributed by atoms with Gasteiger partial charge < -0.3 is 39.2 Å². The highest BCUT2D eigenvalue weighted by Gasteiger charge is 2.48. The number of hydrogen-bond acceptors (Lipinski definition) is 10. The number of epoxide rings is 1. The van der Waals surface area contributed by atoms with Crippen LogP contribution in [0, 0.1) is 11.8 Å². The number of nitrogens with zero attached hydrogens (tertiary/aromatic N) is 2. The monoisotopic (exact) mass is 662 g/mol. The maximum absolute atomic E-state index is 13.4. The van der Waals surface area contributed by atoms with Gasteiger partial charge in [0.2, 0.25) is 0 Å². The van der Waals surface area contributed by atoms with Crippen molar-refractivity contribution in [2.45, 2.75) is 140 Å². The van der Waals surface area contributed by atoms with Crippen molar-refractivity contribution in [2.75, 3.05) is 27.2 Å². The second-order valence-electron chi connectivity index (χ2n) is 14.8. The Balaban J connectivity index is 1.49. The van der Waals surface area contributed by atoms with Crippen molar-refractivity contribution in [2.24, 2.45) is 11.8 Å². The maximum Gasteiger partial charge on any atom is 0.410 e. The van der Waals surface area contributed by atoms with Gasteiger partial charge in [-0.15, -0.1) is 0 Å². The van der Waals surface area contributed by atoms with E-state index >= 15 is 0 Å². The fraction of sp³-hybridized carbons (Fsp3) is 0.778. The Morgan fingerprint density at radius 1 is 1.28 bits per heavy atom. The minimum atomic E-state index is -1.14. The number of likely N-dealkylation sites (tertiary alicyclic amines) is 2. The van der Waals surface area contributed by atoms with Crippen molar-refractivity contribution in [3.05, 3.63) is 36.0 Å². The molecule has 3 N–H and O–H groups in total. The van der Waals surface area contributed by atoms with Crippen molar-refractivity contribution >= 4 is 12.1 Å². The van der Waals surface area contributed by atoms with E-state index in [9.17, 15) is 24.9 Å².